The van der Waals surface area contributed by atoms with Crippen molar-refractivity contribution in [2.75, 3.05) is 20.5 Å². The highest BCUT2D eigenvalue weighted by Crippen LogP contribution is 2.68. The van der Waals surface area contributed by atoms with Crippen molar-refractivity contribution in [3.05, 3.63) is 0 Å². The van der Waals surface area contributed by atoms with E-state index in [4.69, 9.17) is 14.2 Å². The Labute approximate surface area is 207 Å². The van der Waals surface area contributed by atoms with Gasteiger partial charge in [0.25, 0.3) is 0 Å². The number of methoxy groups -OCH3 is 1. The topological polar surface area (TPSA) is 61.8 Å². The molecular weight excluding hydrogens is 428 g/mol. The molecule has 0 saturated heterocycles. The number of esters is 1. The zero-order chi connectivity index (χ0) is 24.5. The summed E-state index contributed by atoms with van der Waals surface area (Å²) in [5.41, 5.74) is 0.629. The van der Waals surface area contributed by atoms with Crippen LogP contribution in [0.4, 0.5) is 0 Å². The molecule has 0 aromatic heterocycles. The van der Waals surface area contributed by atoms with Crippen LogP contribution < -0.4 is 0 Å². The molecule has 9 atom stereocenters. The van der Waals surface area contributed by atoms with Crippen molar-refractivity contribution < 1.29 is 23.8 Å². The third-order valence-electron chi connectivity index (χ3n) is 11.1. The van der Waals surface area contributed by atoms with Gasteiger partial charge in [0.2, 0.25) is 0 Å². The van der Waals surface area contributed by atoms with Gasteiger partial charge in [-0.3, -0.25) is 9.59 Å². The summed E-state index contributed by atoms with van der Waals surface area (Å²) in [6, 6.07) is 0. The highest BCUT2D eigenvalue weighted by molar-refractivity contribution is 5.84. The lowest BCUT2D eigenvalue weighted by Gasteiger charge is -2.61. The van der Waals surface area contributed by atoms with Gasteiger partial charge in [-0.05, 0) is 111 Å². The number of fused-ring (bicyclic) bond motifs is 5. The minimum absolute atomic E-state index is 0.0808. The summed E-state index contributed by atoms with van der Waals surface area (Å²) in [5.74, 6) is 4.28. The number of ether oxygens (including phenoxy) is 3. The Hall–Kier alpha value is -0.940. The Balaban J connectivity index is 1.45. The Morgan fingerprint density at radius 1 is 1.03 bits per heavy atom. The lowest BCUT2D eigenvalue weighted by Crippen LogP contribution is -2.58. The van der Waals surface area contributed by atoms with E-state index in [2.05, 4.69) is 20.8 Å². The third kappa shape index (κ3) is 4.61. The zero-order valence-corrected chi connectivity index (χ0v) is 22.3. The van der Waals surface area contributed by atoms with Gasteiger partial charge in [0.05, 0.1) is 7.11 Å². The summed E-state index contributed by atoms with van der Waals surface area (Å²) in [5, 5.41) is 0. The summed E-state index contributed by atoms with van der Waals surface area (Å²) < 4.78 is 16.4. The van der Waals surface area contributed by atoms with E-state index in [9.17, 15) is 9.59 Å². The molecule has 0 amide bonds. The van der Waals surface area contributed by atoms with Crippen molar-refractivity contribution >= 4 is 11.8 Å². The highest BCUT2D eigenvalue weighted by Gasteiger charge is 2.62. The SMILES string of the molecule is CCOCO[C@H]1C(=O)CC[C@]2(C)[C@H]3CC[C@]4(C)[C@@H]([C@H](C)CCCC(=O)OC)CC[C@H]4[C@@H]3CC[C@@H]12. The van der Waals surface area contributed by atoms with Crippen LogP contribution in [-0.2, 0) is 23.8 Å². The standard InChI is InChI=1S/C29H48O5/c1-6-33-18-34-27-24-11-10-20-22-13-12-21(19(2)8-7-9-26(31)32-5)28(22,3)16-14-23(20)29(24,4)17-15-25(27)30/h19-24,27H,6-18H2,1-5H3/t19-,20+,21-,22+,23+,24+,27-,28-,29-/m1/s1. The first-order valence-corrected chi connectivity index (χ1v) is 14.0. The van der Waals surface area contributed by atoms with Gasteiger partial charge >= 0.3 is 5.97 Å². The number of carbonyl (C=O) groups excluding carboxylic acids is 2. The quantitative estimate of drug-likeness (QED) is 0.226. The predicted molar refractivity (Wildman–Crippen MR) is 132 cm³/mol. The fourth-order valence-corrected chi connectivity index (χ4v) is 9.37. The Morgan fingerprint density at radius 2 is 1.76 bits per heavy atom. The Kier molecular flexibility index (Phi) is 8.13. The number of ketones is 1. The normalized spacial score (nSPS) is 42.4. The van der Waals surface area contributed by atoms with Crippen molar-refractivity contribution in [1.29, 1.82) is 0 Å². The maximum Gasteiger partial charge on any atom is 0.305 e. The fourth-order valence-electron chi connectivity index (χ4n) is 9.37. The molecule has 5 heteroatoms. The molecule has 4 rings (SSSR count). The summed E-state index contributed by atoms with van der Waals surface area (Å²) in [4.78, 5) is 24.4. The number of hydrogen-bond acceptors (Lipinski definition) is 5. The number of hydrogen-bond donors (Lipinski definition) is 0. The van der Waals surface area contributed by atoms with E-state index in [0.717, 1.165) is 43.4 Å². The van der Waals surface area contributed by atoms with Gasteiger partial charge in [-0.1, -0.05) is 20.8 Å². The molecule has 0 bridgehead atoms. The van der Waals surface area contributed by atoms with E-state index >= 15 is 0 Å². The second-order valence-corrected chi connectivity index (χ2v) is 12.4. The minimum Gasteiger partial charge on any atom is -0.469 e. The fraction of sp³-hybridized carbons (Fsp3) is 0.931. The van der Waals surface area contributed by atoms with E-state index in [0.29, 0.717) is 48.4 Å². The van der Waals surface area contributed by atoms with E-state index in [-0.39, 0.29) is 24.3 Å². The molecule has 4 fully saturated rings. The van der Waals surface area contributed by atoms with Gasteiger partial charge in [0.15, 0.2) is 5.78 Å². The van der Waals surface area contributed by atoms with Crippen molar-refractivity contribution in [1.82, 2.24) is 0 Å². The molecule has 4 aliphatic rings. The smallest absolute Gasteiger partial charge is 0.305 e. The molecule has 4 saturated carbocycles. The lowest BCUT2D eigenvalue weighted by atomic mass is 9.44. The lowest BCUT2D eigenvalue weighted by molar-refractivity contribution is -0.188. The van der Waals surface area contributed by atoms with Crippen LogP contribution in [0.25, 0.3) is 0 Å². The Morgan fingerprint density at radius 3 is 2.50 bits per heavy atom. The maximum atomic E-state index is 12.8. The molecule has 194 valence electrons. The van der Waals surface area contributed by atoms with E-state index in [1.807, 2.05) is 6.92 Å². The molecular formula is C29H48O5. The number of rotatable bonds is 9. The largest absolute Gasteiger partial charge is 0.469 e. The van der Waals surface area contributed by atoms with E-state index in [1.165, 1.54) is 39.2 Å². The van der Waals surface area contributed by atoms with Gasteiger partial charge in [-0.15, -0.1) is 0 Å². The van der Waals surface area contributed by atoms with E-state index in [1.54, 1.807) is 0 Å². The van der Waals surface area contributed by atoms with Crippen LogP contribution in [0.1, 0.15) is 98.3 Å². The molecule has 0 unspecified atom stereocenters. The minimum atomic E-state index is -0.272. The first kappa shape index (κ1) is 26.1. The molecule has 4 aliphatic carbocycles. The molecule has 0 aromatic carbocycles. The van der Waals surface area contributed by atoms with Gasteiger partial charge in [0, 0.05) is 19.4 Å². The van der Waals surface area contributed by atoms with E-state index < -0.39 is 0 Å². The molecule has 0 aromatic rings. The van der Waals surface area contributed by atoms with Crippen molar-refractivity contribution in [2.24, 2.45) is 46.3 Å². The van der Waals surface area contributed by atoms with Gasteiger partial charge < -0.3 is 14.2 Å². The second-order valence-electron chi connectivity index (χ2n) is 12.4. The zero-order valence-electron chi connectivity index (χ0n) is 22.3. The molecule has 0 N–H and O–H groups in total. The second kappa shape index (κ2) is 10.6. The van der Waals surface area contributed by atoms with Crippen LogP contribution in [0.2, 0.25) is 0 Å². The summed E-state index contributed by atoms with van der Waals surface area (Å²) in [6.07, 6.45) is 11.7. The van der Waals surface area contributed by atoms with Crippen LogP contribution in [0, 0.1) is 46.3 Å². The Bertz CT molecular complexity index is 736. The van der Waals surface area contributed by atoms with Crippen LogP contribution in [0.3, 0.4) is 0 Å². The molecule has 0 aliphatic heterocycles. The maximum absolute atomic E-state index is 12.8. The first-order valence-electron chi connectivity index (χ1n) is 14.0. The monoisotopic (exact) mass is 476 g/mol. The molecule has 5 nitrogen and oxygen atoms in total. The van der Waals surface area contributed by atoms with Crippen LogP contribution in [0.5, 0.6) is 0 Å². The summed E-state index contributed by atoms with van der Waals surface area (Å²) >= 11 is 0. The molecule has 0 radical (unpaired) electrons. The highest BCUT2D eigenvalue weighted by atomic mass is 16.7. The van der Waals surface area contributed by atoms with Crippen LogP contribution in [-0.4, -0.2) is 38.4 Å². The summed E-state index contributed by atoms with van der Waals surface area (Å²) in [6.45, 7) is 10.3. The predicted octanol–water partition coefficient (Wildman–Crippen LogP) is 6.18. The molecule has 0 spiro atoms. The van der Waals surface area contributed by atoms with Crippen molar-refractivity contribution in [3.63, 3.8) is 0 Å². The first-order chi connectivity index (χ1) is 16.3. The van der Waals surface area contributed by atoms with Crippen molar-refractivity contribution in [3.8, 4) is 0 Å². The average molecular weight is 477 g/mol. The molecule has 34 heavy (non-hydrogen) atoms. The van der Waals surface area contributed by atoms with Gasteiger partial charge in [0.1, 0.15) is 12.9 Å². The third-order valence-corrected chi connectivity index (χ3v) is 11.1. The van der Waals surface area contributed by atoms with Crippen LogP contribution >= 0.6 is 0 Å². The van der Waals surface area contributed by atoms with Gasteiger partial charge in [-0.25, -0.2) is 0 Å². The van der Waals surface area contributed by atoms with Gasteiger partial charge in [-0.2, -0.15) is 0 Å². The van der Waals surface area contributed by atoms with Crippen molar-refractivity contribution in [2.45, 2.75) is 104 Å². The molecule has 0 heterocycles. The number of carbonyl (C=O) groups is 2. The summed E-state index contributed by atoms with van der Waals surface area (Å²) in [7, 11) is 1.48. The number of Topliss-reactive ketones (excluding diaryl/α,β-unsaturated/α-hetero) is 1. The average Bonchev–Trinajstić information content (AvgIpc) is 3.18. The van der Waals surface area contributed by atoms with Crippen LogP contribution in [0.15, 0.2) is 0 Å².